The number of benzene rings is 1. The minimum Gasteiger partial charge on any atom is -0.484 e. The smallest absolute Gasteiger partial charge is 0.256 e. The van der Waals surface area contributed by atoms with Crippen LogP contribution in [0.4, 0.5) is 4.39 Å². The molecule has 6 heteroatoms. The normalized spacial score (nSPS) is 19.8. The molecule has 1 aliphatic heterocycles. The molecule has 3 aliphatic rings. The minimum atomic E-state index is -0.470. The summed E-state index contributed by atoms with van der Waals surface area (Å²) >= 11 is 6.38. The highest BCUT2D eigenvalue weighted by Gasteiger charge is 2.32. The fourth-order valence-corrected chi connectivity index (χ4v) is 4.69. The largest absolute Gasteiger partial charge is 0.484 e. The Kier molecular flexibility index (Phi) is 5.18. The van der Waals surface area contributed by atoms with E-state index in [1.165, 1.54) is 6.07 Å². The van der Waals surface area contributed by atoms with Crippen LogP contribution in [0.2, 0.25) is 5.02 Å². The molecule has 5 rings (SSSR count). The summed E-state index contributed by atoms with van der Waals surface area (Å²) < 4.78 is 21.1. The zero-order valence-electron chi connectivity index (χ0n) is 17.2. The molecular weight excluding hydrogens is 403 g/mol. The van der Waals surface area contributed by atoms with Gasteiger partial charge in [-0.25, -0.2) is 4.39 Å². The van der Waals surface area contributed by atoms with E-state index in [0.717, 1.165) is 55.3 Å². The Morgan fingerprint density at radius 1 is 1.17 bits per heavy atom. The molecule has 0 spiro atoms. The van der Waals surface area contributed by atoms with Crippen molar-refractivity contribution in [3.05, 3.63) is 57.6 Å². The Morgan fingerprint density at radius 2 is 1.87 bits per heavy atom. The van der Waals surface area contributed by atoms with E-state index < -0.39 is 5.82 Å². The molecule has 0 N–H and O–H groups in total. The van der Waals surface area contributed by atoms with Gasteiger partial charge in [0, 0.05) is 25.1 Å². The third-order valence-corrected chi connectivity index (χ3v) is 6.68. The summed E-state index contributed by atoms with van der Waals surface area (Å²) in [5, 5.41) is 0.627. The van der Waals surface area contributed by atoms with Gasteiger partial charge in [-0.15, -0.1) is 0 Å². The van der Waals surface area contributed by atoms with Crippen molar-refractivity contribution in [1.29, 1.82) is 0 Å². The molecule has 2 aliphatic carbocycles. The topological polar surface area (TPSA) is 42.4 Å². The Bertz CT molecular complexity index is 981. The van der Waals surface area contributed by atoms with Crippen LogP contribution in [0.15, 0.2) is 24.4 Å². The molecule has 0 bridgehead atoms. The van der Waals surface area contributed by atoms with Gasteiger partial charge in [-0.3, -0.25) is 9.78 Å². The zero-order chi connectivity index (χ0) is 20.8. The fraction of sp³-hybridized carbons (Fsp3) is 0.500. The van der Waals surface area contributed by atoms with Crippen molar-refractivity contribution in [2.24, 2.45) is 0 Å². The monoisotopic (exact) mass is 428 g/mol. The lowest BCUT2D eigenvalue weighted by Gasteiger charge is -2.21. The van der Waals surface area contributed by atoms with Gasteiger partial charge in [-0.05, 0) is 74.6 Å². The van der Waals surface area contributed by atoms with Gasteiger partial charge in [0.2, 0.25) is 0 Å². The van der Waals surface area contributed by atoms with Gasteiger partial charge in [0.05, 0.1) is 22.5 Å². The Morgan fingerprint density at radius 3 is 2.50 bits per heavy atom. The van der Waals surface area contributed by atoms with Gasteiger partial charge in [0.15, 0.2) is 0 Å². The SMILES string of the molecule is CC(Oc1cnc(C2CC2)c(Cl)c1)c1cc(F)c(C(=O)N2CCCC2)cc1C1CC1. The first-order valence-corrected chi connectivity index (χ1v) is 11.3. The number of pyridine rings is 1. The summed E-state index contributed by atoms with van der Waals surface area (Å²) in [5.41, 5.74) is 2.95. The molecule has 0 radical (unpaired) electrons. The van der Waals surface area contributed by atoms with Gasteiger partial charge in [0.25, 0.3) is 5.91 Å². The molecule has 2 aromatic rings. The molecule has 3 fully saturated rings. The average molecular weight is 429 g/mol. The Balaban J connectivity index is 1.41. The van der Waals surface area contributed by atoms with Crippen LogP contribution >= 0.6 is 11.6 Å². The van der Waals surface area contributed by atoms with Crippen LogP contribution in [0.3, 0.4) is 0 Å². The van der Waals surface area contributed by atoms with Crippen molar-refractivity contribution in [1.82, 2.24) is 9.88 Å². The predicted octanol–water partition coefficient (Wildman–Crippen LogP) is 6.00. The first kappa shape index (κ1) is 19.8. The molecule has 2 heterocycles. The van der Waals surface area contributed by atoms with E-state index >= 15 is 0 Å². The molecular formula is C24H26ClFN2O2. The quantitative estimate of drug-likeness (QED) is 0.566. The number of halogens is 2. The summed E-state index contributed by atoms with van der Waals surface area (Å²) in [6, 6.07) is 5.07. The summed E-state index contributed by atoms with van der Waals surface area (Å²) in [7, 11) is 0. The van der Waals surface area contributed by atoms with E-state index in [9.17, 15) is 9.18 Å². The molecule has 30 heavy (non-hydrogen) atoms. The molecule has 1 aromatic carbocycles. The number of aromatic nitrogens is 1. The van der Waals surface area contributed by atoms with Crippen LogP contribution in [-0.4, -0.2) is 28.9 Å². The number of hydrogen-bond acceptors (Lipinski definition) is 3. The molecule has 1 amide bonds. The van der Waals surface area contributed by atoms with Gasteiger partial charge in [0.1, 0.15) is 17.7 Å². The minimum absolute atomic E-state index is 0.188. The van der Waals surface area contributed by atoms with Crippen LogP contribution in [0.5, 0.6) is 5.75 Å². The molecule has 158 valence electrons. The lowest BCUT2D eigenvalue weighted by Crippen LogP contribution is -2.28. The van der Waals surface area contributed by atoms with Crippen LogP contribution < -0.4 is 4.74 Å². The second-order valence-electron chi connectivity index (χ2n) is 8.81. The summed E-state index contributed by atoms with van der Waals surface area (Å²) in [6.45, 7) is 3.33. The number of likely N-dealkylation sites (tertiary alicyclic amines) is 1. The van der Waals surface area contributed by atoms with E-state index in [1.54, 1.807) is 23.2 Å². The Hall–Kier alpha value is -2.14. The summed E-state index contributed by atoms with van der Waals surface area (Å²) in [5.74, 6) is 0.757. The van der Waals surface area contributed by atoms with Gasteiger partial charge < -0.3 is 9.64 Å². The number of amides is 1. The maximum atomic E-state index is 15.0. The van der Waals surface area contributed by atoms with Crippen LogP contribution in [0.25, 0.3) is 0 Å². The number of carbonyl (C=O) groups excluding carboxylic acids is 1. The highest BCUT2D eigenvalue weighted by Crippen LogP contribution is 2.45. The van der Waals surface area contributed by atoms with E-state index in [4.69, 9.17) is 16.3 Å². The van der Waals surface area contributed by atoms with E-state index in [1.807, 2.05) is 6.92 Å². The highest BCUT2D eigenvalue weighted by atomic mass is 35.5. The van der Waals surface area contributed by atoms with Crippen molar-refractivity contribution in [2.75, 3.05) is 13.1 Å². The molecule has 1 aromatic heterocycles. The van der Waals surface area contributed by atoms with Crippen molar-refractivity contribution in [3.8, 4) is 5.75 Å². The molecule has 2 saturated carbocycles. The average Bonchev–Trinajstić information content (AvgIpc) is 3.66. The predicted molar refractivity (Wildman–Crippen MR) is 114 cm³/mol. The van der Waals surface area contributed by atoms with Crippen LogP contribution in [0.1, 0.15) is 90.6 Å². The third kappa shape index (κ3) is 3.92. The fourth-order valence-electron chi connectivity index (χ4n) is 4.38. The maximum Gasteiger partial charge on any atom is 0.256 e. The van der Waals surface area contributed by atoms with Gasteiger partial charge >= 0.3 is 0 Å². The van der Waals surface area contributed by atoms with Gasteiger partial charge in [-0.2, -0.15) is 0 Å². The number of ether oxygens (including phenoxy) is 1. The van der Waals surface area contributed by atoms with Crippen molar-refractivity contribution in [2.45, 2.75) is 63.4 Å². The summed E-state index contributed by atoms with van der Waals surface area (Å²) in [4.78, 5) is 19.0. The first-order valence-electron chi connectivity index (χ1n) is 11.0. The molecule has 4 nitrogen and oxygen atoms in total. The van der Waals surface area contributed by atoms with E-state index in [2.05, 4.69) is 4.98 Å². The zero-order valence-corrected chi connectivity index (χ0v) is 17.9. The maximum absolute atomic E-state index is 15.0. The molecule has 1 unspecified atom stereocenters. The van der Waals surface area contributed by atoms with E-state index in [-0.39, 0.29) is 17.6 Å². The number of nitrogens with zero attached hydrogens (tertiary/aromatic N) is 2. The molecule has 1 saturated heterocycles. The van der Waals surface area contributed by atoms with Crippen LogP contribution in [0, 0.1) is 5.82 Å². The van der Waals surface area contributed by atoms with Crippen molar-refractivity contribution in [3.63, 3.8) is 0 Å². The highest BCUT2D eigenvalue weighted by molar-refractivity contribution is 6.31. The van der Waals surface area contributed by atoms with E-state index in [0.29, 0.717) is 35.7 Å². The lowest BCUT2D eigenvalue weighted by atomic mass is 9.95. The van der Waals surface area contributed by atoms with Crippen LogP contribution in [-0.2, 0) is 0 Å². The Labute approximate surface area is 181 Å². The number of hydrogen-bond donors (Lipinski definition) is 0. The number of carbonyl (C=O) groups is 1. The lowest BCUT2D eigenvalue weighted by molar-refractivity contribution is 0.0788. The number of rotatable bonds is 6. The van der Waals surface area contributed by atoms with Crippen molar-refractivity contribution >= 4 is 17.5 Å². The second-order valence-corrected chi connectivity index (χ2v) is 9.21. The first-order chi connectivity index (χ1) is 14.5. The molecule has 1 atom stereocenters. The second kappa shape index (κ2) is 7.84. The third-order valence-electron chi connectivity index (χ3n) is 6.37. The van der Waals surface area contributed by atoms with Crippen molar-refractivity contribution < 1.29 is 13.9 Å². The van der Waals surface area contributed by atoms with Gasteiger partial charge in [-0.1, -0.05) is 11.6 Å². The summed E-state index contributed by atoms with van der Waals surface area (Å²) in [6.07, 6.45) is 7.71. The standard InChI is InChI=1S/C24H26ClFN2O2/c1-14(30-17-10-21(25)23(27-13-17)16-6-7-16)18-12-22(26)20(11-19(18)15-4-5-15)24(29)28-8-2-3-9-28/h10-16H,2-9H2,1H3.